The fourth-order valence-electron chi connectivity index (χ4n) is 4.13. The van der Waals surface area contributed by atoms with Crippen LogP contribution in [0, 0.1) is 0 Å². The zero-order valence-electron chi connectivity index (χ0n) is 17.9. The lowest BCUT2D eigenvalue weighted by Gasteiger charge is -2.34. The number of carbonyl (C=O) groups excluding carboxylic acids is 1. The molecule has 0 N–H and O–H groups in total. The van der Waals surface area contributed by atoms with Crippen molar-refractivity contribution in [1.82, 2.24) is 14.8 Å². The van der Waals surface area contributed by atoms with Gasteiger partial charge in [-0.15, -0.1) is 23.7 Å². The first kappa shape index (κ1) is 23.0. The van der Waals surface area contributed by atoms with Crippen LogP contribution in [-0.2, 0) is 11.3 Å². The molecule has 0 spiro atoms. The van der Waals surface area contributed by atoms with Crippen LogP contribution >= 0.6 is 23.7 Å². The summed E-state index contributed by atoms with van der Waals surface area (Å²) < 4.78 is 12.6. The molecular formula is C24H28ClN3O3S. The number of piperazine rings is 1. The van der Waals surface area contributed by atoms with Crippen LogP contribution in [-0.4, -0.2) is 66.2 Å². The number of amides is 1. The van der Waals surface area contributed by atoms with Gasteiger partial charge in [0.15, 0.2) is 0 Å². The van der Waals surface area contributed by atoms with Gasteiger partial charge < -0.3 is 14.4 Å². The molecule has 1 unspecified atom stereocenters. The van der Waals surface area contributed by atoms with Gasteiger partial charge in [0.05, 0.1) is 22.9 Å². The quantitative estimate of drug-likeness (QED) is 0.536. The Balaban J connectivity index is 0.00000245. The third kappa shape index (κ3) is 5.41. The molecule has 3 aromatic rings. The fourth-order valence-corrected chi connectivity index (χ4v) is 5.14. The van der Waals surface area contributed by atoms with Crippen LogP contribution in [0.1, 0.15) is 28.2 Å². The number of aromatic nitrogens is 1. The minimum atomic E-state index is 0. The largest absolute Gasteiger partial charge is 0.491 e. The number of hydrogen-bond donors (Lipinski definition) is 0. The molecule has 8 heteroatoms. The molecule has 32 heavy (non-hydrogen) atoms. The van der Waals surface area contributed by atoms with Crippen LogP contribution < -0.4 is 4.74 Å². The van der Waals surface area contributed by atoms with Crippen molar-refractivity contribution in [2.45, 2.75) is 25.5 Å². The highest BCUT2D eigenvalue weighted by atomic mass is 35.5. The average Bonchev–Trinajstić information content (AvgIpc) is 3.47. The summed E-state index contributed by atoms with van der Waals surface area (Å²) >= 11 is 1.76. The highest BCUT2D eigenvalue weighted by molar-refractivity contribution is 7.18. The van der Waals surface area contributed by atoms with Crippen molar-refractivity contribution >= 4 is 39.9 Å². The van der Waals surface area contributed by atoms with E-state index in [0.717, 1.165) is 68.4 Å². The molecule has 0 bridgehead atoms. The number of ether oxygens (including phenoxy) is 2. The van der Waals surface area contributed by atoms with Gasteiger partial charge in [0.2, 0.25) is 0 Å². The Morgan fingerprint density at radius 1 is 1.09 bits per heavy atom. The third-order valence-electron chi connectivity index (χ3n) is 5.92. The van der Waals surface area contributed by atoms with Crippen molar-refractivity contribution in [1.29, 1.82) is 0 Å². The lowest BCUT2D eigenvalue weighted by Crippen LogP contribution is -2.48. The number of para-hydroxylation sites is 1. The molecular weight excluding hydrogens is 446 g/mol. The second kappa shape index (κ2) is 10.6. The van der Waals surface area contributed by atoms with Crippen LogP contribution in [0.2, 0.25) is 0 Å². The van der Waals surface area contributed by atoms with Crippen LogP contribution in [0.4, 0.5) is 0 Å². The van der Waals surface area contributed by atoms with Crippen molar-refractivity contribution in [2.24, 2.45) is 0 Å². The third-order valence-corrected chi connectivity index (χ3v) is 6.94. The summed E-state index contributed by atoms with van der Waals surface area (Å²) in [6.07, 6.45) is 2.36. The van der Waals surface area contributed by atoms with Gasteiger partial charge in [-0.05, 0) is 49.2 Å². The van der Waals surface area contributed by atoms with E-state index in [1.165, 1.54) is 4.70 Å². The van der Waals surface area contributed by atoms with E-state index in [1.54, 1.807) is 11.3 Å². The standard InChI is InChI=1S/C24H27N3O3S.ClH/c28-24(18-7-9-19(10-8-18)30-17-20-4-3-15-29-20)27-13-11-26(12-14-27)16-23-25-21-5-1-2-6-22(21)31-23;/h1-2,5-10,20H,3-4,11-17H2;1H. The van der Waals surface area contributed by atoms with Gasteiger partial charge in [0.25, 0.3) is 5.91 Å². The Labute approximate surface area is 198 Å². The summed E-state index contributed by atoms with van der Waals surface area (Å²) in [5, 5.41) is 1.14. The van der Waals surface area contributed by atoms with Crippen molar-refractivity contribution in [3.63, 3.8) is 0 Å². The fraction of sp³-hybridized carbons (Fsp3) is 0.417. The minimum Gasteiger partial charge on any atom is -0.491 e. The number of carbonyl (C=O) groups is 1. The number of benzene rings is 2. The molecule has 0 radical (unpaired) electrons. The molecule has 1 atom stereocenters. The molecule has 2 fully saturated rings. The first-order chi connectivity index (χ1) is 15.2. The summed E-state index contributed by atoms with van der Waals surface area (Å²) in [5.41, 5.74) is 1.78. The molecule has 2 saturated heterocycles. The Kier molecular flexibility index (Phi) is 7.63. The Hall–Kier alpha value is -2.19. The van der Waals surface area contributed by atoms with E-state index in [-0.39, 0.29) is 24.4 Å². The Bertz CT molecular complexity index is 995. The SMILES string of the molecule is Cl.O=C(c1ccc(OCC2CCCO2)cc1)N1CCN(Cc2nc3ccccc3s2)CC1. The number of rotatable bonds is 6. The van der Waals surface area contributed by atoms with Crippen molar-refractivity contribution in [3.8, 4) is 5.75 Å². The summed E-state index contributed by atoms with van der Waals surface area (Å²) in [6.45, 7) is 5.45. The molecule has 6 nitrogen and oxygen atoms in total. The van der Waals surface area contributed by atoms with Gasteiger partial charge in [0, 0.05) is 38.3 Å². The van der Waals surface area contributed by atoms with Crippen LogP contribution in [0.15, 0.2) is 48.5 Å². The van der Waals surface area contributed by atoms with Crippen LogP contribution in [0.3, 0.4) is 0 Å². The molecule has 5 rings (SSSR count). The zero-order valence-corrected chi connectivity index (χ0v) is 19.6. The van der Waals surface area contributed by atoms with E-state index in [0.29, 0.717) is 12.2 Å². The maximum Gasteiger partial charge on any atom is 0.253 e. The molecule has 0 aliphatic carbocycles. The molecule has 1 aromatic heterocycles. The average molecular weight is 474 g/mol. The van der Waals surface area contributed by atoms with Gasteiger partial charge in [-0.3, -0.25) is 9.69 Å². The van der Waals surface area contributed by atoms with Gasteiger partial charge in [0.1, 0.15) is 17.4 Å². The topological polar surface area (TPSA) is 54.9 Å². The number of fused-ring (bicyclic) bond motifs is 1. The van der Waals surface area contributed by atoms with Crippen LogP contribution in [0.25, 0.3) is 10.2 Å². The molecule has 1 amide bonds. The number of hydrogen-bond acceptors (Lipinski definition) is 6. The van der Waals surface area contributed by atoms with Crippen molar-refractivity contribution < 1.29 is 14.3 Å². The first-order valence-corrected chi connectivity index (χ1v) is 11.8. The van der Waals surface area contributed by atoms with Crippen molar-refractivity contribution in [2.75, 3.05) is 39.4 Å². The van der Waals surface area contributed by atoms with E-state index >= 15 is 0 Å². The minimum absolute atomic E-state index is 0. The van der Waals surface area contributed by atoms with Gasteiger partial charge in [-0.1, -0.05) is 12.1 Å². The second-order valence-corrected chi connectivity index (χ2v) is 9.23. The molecule has 2 aliphatic heterocycles. The summed E-state index contributed by atoms with van der Waals surface area (Å²) in [6, 6.07) is 15.7. The molecule has 2 aliphatic rings. The van der Waals surface area contributed by atoms with Gasteiger partial charge in [-0.25, -0.2) is 4.98 Å². The van der Waals surface area contributed by atoms with Crippen molar-refractivity contribution in [3.05, 3.63) is 59.1 Å². The lowest BCUT2D eigenvalue weighted by molar-refractivity contribution is 0.0627. The zero-order chi connectivity index (χ0) is 21.0. The van der Waals surface area contributed by atoms with Crippen LogP contribution in [0.5, 0.6) is 5.75 Å². The highest BCUT2D eigenvalue weighted by Crippen LogP contribution is 2.23. The normalized spacial score (nSPS) is 19.1. The summed E-state index contributed by atoms with van der Waals surface area (Å²) in [5.74, 6) is 0.873. The van der Waals surface area contributed by atoms with E-state index in [4.69, 9.17) is 14.5 Å². The first-order valence-electron chi connectivity index (χ1n) is 11.0. The predicted molar refractivity (Wildman–Crippen MR) is 129 cm³/mol. The number of thiazole rings is 1. The molecule has 3 heterocycles. The lowest BCUT2D eigenvalue weighted by atomic mass is 10.1. The molecule has 0 saturated carbocycles. The number of halogens is 1. The summed E-state index contributed by atoms with van der Waals surface area (Å²) in [7, 11) is 0. The molecule has 170 valence electrons. The predicted octanol–water partition coefficient (Wildman–Crippen LogP) is 4.23. The summed E-state index contributed by atoms with van der Waals surface area (Å²) in [4.78, 5) is 22.0. The maximum atomic E-state index is 12.9. The Morgan fingerprint density at radius 3 is 2.59 bits per heavy atom. The highest BCUT2D eigenvalue weighted by Gasteiger charge is 2.23. The van der Waals surface area contributed by atoms with Gasteiger partial charge in [-0.2, -0.15) is 0 Å². The maximum absolute atomic E-state index is 12.9. The Morgan fingerprint density at radius 2 is 1.88 bits per heavy atom. The smallest absolute Gasteiger partial charge is 0.253 e. The molecule has 2 aromatic carbocycles. The number of nitrogens with zero attached hydrogens (tertiary/aromatic N) is 3. The van der Waals surface area contributed by atoms with Gasteiger partial charge >= 0.3 is 0 Å². The second-order valence-electron chi connectivity index (χ2n) is 8.11. The van der Waals surface area contributed by atoms with E-state index in [9.17, 15) is 4.79 Å². The monoisotopic (exact) mass is 473 g/mol. The van der Waals surface area contributed by atoms with E-state index in [1.807, 2.05) is 35.2 Å². The van der Waals surface area contributed by atoms with E-state index in [2.05, 4.69) is 23.1 Å². The van der Waals surface area contributed by atoms with E-state index < -0.39 is 0 Å².